The third-order valence-electron chi connectivity index (χ3n) is 3.19. The highest BCUT2D eigenvalue weighted by molar-refractivity contribution is 5.89. The van der Waals surface area contributed by atoms with Gasteiger partial charge >= 0.3 is 11.9 Å². The van der Waals surface area contributed by atoms with E-state index in [1.165, 1.54) is 0 Å². The van der Waals surface area contributed by atoms with Gasteiger partial charge in [-0.3, -0.25) is 4.79 Å². The zero-order chi connectivity index (χ0) is 15.8. The minimum absolute atomic E-state index is 0.258. The van der Waals surface area contributed by atoms with E-state index in [2.05, 4.69) is 11.7 Å². The Morgan fingerprint density at radius 3 is 2.52 bits per heavy atom. The second kappa shape index (κ2) is 8.51. The maximum absolute atomic E-state index is 11.4. The number of aliphatic hydroxyl groups is 3. The van der Waals surface area contributed by atoms with Crippen molar-refractivity contribution in [3.8, 4) is 0 Å². The molecule has 0 amide bonds. The molecule has 1 aliphatic heterocycles. The number of cyclic esters (lactones) is 1. The van der Waals surface area contributed by atoms with Gasteiger partial charge in [-0.1, -0.05) is 32.6 Å². The van der Waals surface area contributed by atoms with Crippen molar-refractivity contribution < 1.29 is 34.4 Å². The van der Waals surface area contributed by atoms with Crippen LogP contribution in [-0.2, 0) is 19.1 Å². The van der Waals surface area contributed by atoms with E-state index in [9.17, 15) is 19.8 Å². The molecule has 0 bridgehead atoms. The van der Waals surface area contributed by atoms with Crippen LogP contribution in [0.3, 0.4) is 0 Å². The lowest BCUT2D eigenvalue weighted by molar-refractivity contribution is -0.154. The molecule has 0 saturated carbocycles. The van der Waals surface area contributed by atoms with E-state index in [0.29, 0.717) is 0 Å². The predicted octanol–water partition coefficient (Wildman–Crippen LogP) is 1.50. The smallest absolute Gasteiger partial charge is 0.377 e. The number of aliphatic hydroxyl groups excluding tert-OH is 3. The lowest BCUT2D eigenvalue weighted by Gasteiger charge is -2.17. The molecule has 120 valence electrons. The second-order valence-corrected chi connectivity index (χ2v) is 4.97. The minimum atomic E-state index is -1.41. The molecule has 0 aromatic heterocycles. The molecule has 1 heterocycles. The Morgan fingerprint density at radius 2 is 1.95 bits per heavy atom. The fourth-order valence-corrected chi connectivity index (χ4v) is 1.94. The van der Waals surface area contributed by atoms with E-state index in [1.807, 2.05) is 0 Å². The van der Waals surface area contributed by atoms with Gasteiger partial charge in [-0.25, -0.2) is 4.79 Å². The zero-order valence-electron chi connectivity index (χ0n) is 12.1. The van der Waals surface area contributed by atoms with Crippen LogP contribution >= 0.6 is 0 Å². The van der Waals surface area contributed by atoms with E-state index >= 15 is 0 Å². The molecule has 0 aromatic carbocycles. The Morgan fingerprint density at radius 1 is 1.29 bits per heavy atom. The van der Waals surface area contributed by atoms with Gasteiger partial charge in [0.25, 0.3) is 0 Å². The molecule has 1 unspecified atom stereocenters. The van der Waals surface area contributed by atoms with E-state index < -0.39 is 42.3 Å². The third kappa shape index (κ3) is 5.26. The fourth-order valence-electron chi connectivity index (χ4n) is 1.94. The monoisotopic (exact) mass is 302 g/mol. The summed E-state index contributed by atoms with van der Waals surface area (Å²) < 4.78 is 9.40. The molecule has 7 heteroatoms. The van der Waals surface area contributed by atoms with E-state index in [1.54, 1.807) is 0 Å². The largest absolute Gasteiger partial charge is 0.505 e. The highest BCUT2D eigenvalue weighted by Crippen LogP contribution is 2.21. The van der Waals surface area contributed by atoms with Gasteiger partial charge in [0.1, 0.15) is 12.7 Å². The molecule has 1 rings (SSSR count). The number of hydrogen-bond donors (Lipinski definition) is 3. The number of rotatable bonds is 9. The highest BCUT2D eigenvalue weighted by Gasteiger charge is 2.39. The summed E-state index contributed by atoms with van der Waals surface area (Å²) in [4.78, 5) is 22.4. The van der Waals surface area contributed by atoms with Crippen molar-refractivity contribution in [3.63, 3.8) is 0 Å². The predicted molar refractivity (Wildman–Crippen MR) is 72.5 cm³/mol. The van der Waals surface area contributed by atoms with Crippen LogP contribution in [0.2, 0.25) is 0 Å². The van der Waals surface area contributed by atoms with Gasteiger partial charge in [-0.2, -0.15) is 0 Å². The Bertz CT molecular complexity index is 402. The first-order chi connectivity index (χ1) is 9.97. The van der Waals surface area contributed by atoms with Crippen LogP contribution in [-0.4, -0.2) is 46.1 Å². The first kappa shape index (κ1) is 17.3. The number of unbranched alkanes of at least 4 members (excludes halogenated alkanes) is 4. The molecule has 0 aliphatic carbocycles. The summed E-state index contributed by atoms with van der Waals surface area (Å²) in [5, 5.41) is 28.1. The molecule has 0 spiro atoms. The van der Waals surface area contributed by atoms with Crippen LogP contribution < -0.4 is 0 Å². The van der Waals surface area contributed by atoms with Crippen molar-refractivity contribution in [2.45, 2.75) is 57.7 Å². The van der Waals surface area contributed by atoms with Gasteiger partial charge in [0, 0.05) is 6.42 Å². The first-order valence-corrected chi connectivity index (χ1v) is 7.14. The molecule has 21 heavy (non-hydrogen) atoms. The van der Waals surface area contributed by atoms with Gasteiger partial charge in [-0.15, -0.1) is 0 Å². The average molecular weight is 302 g/mol. The second-order valence-electron chi connectivity index (χ2n) is 4.97. The number of carbonyl (C=O) groups is 2. The van der Waals surface area contributed by atoms with Gasteiger partial charge < -0.3 is 24.8 Å². The van der Waals surface area contributed by atoms with Crippen molar-refractivity contribution >= 4 is 11.9 Å². The summed E-state index contributed by atoms with van der Waals surface area (Å²) in [6.07, 6.45) is 2.45. The van der Waals surface area contributed by atoms with Crippen LogP contribution in [0.4, 0.5) is 0 Å². The maximum atomic E-state index is 11.4. The van der Waals surface area contributed by atoms with E-state index in [-0.39, 0.29) is 6.42 Å². The Labute approximate surface area is 123 Å². The maximum Gasteiger partial charge on any atom is 0.377 e. The molecule has 1 aliphatic rings. The minimum Gasteiger partial charge on any atom is -0.505 e. The van der Waals surface area contributed by atoms with Gasteiger partial charge in [0.15, 0.2) is 11.9 Å². The zero-order valence-corrected chi connectivity index (χ0v) is 12.1. The number of esters is 2. The van der Waals surface area contributed by atoms with Crippen LogP contribution in [0, 0.1) is 0 Å². The summed E-state index contributed by atoms with van der Waals surface area (Å²) in [5.74, 6) is -3.24. The highest BCUT2D eigenvalue weighted by atomic mass is 16.6. The fraction of sp³-hybridized carbons (Fsp3) is 0.714. The molecule has 0 fully saturated rings. The Kier molecular flexibility index (Phi) is 7.01. The van der Waals surface area contributed by atoms with Gasteiger partial charge in [0.05, 0.1) is 0 Å². The van der Waals surface area contributed by atoms with Crippen molar-refractivity contribution in [1.82, 2.24) is 0 Å². The number of carbonyl (C=O) groups excluding carboxylic acids is 2. The van der Waals surface area contributed by atoms with Crippen molar-refractivity contribution in [2.24, 2.45) is 0 Å². The first-order valence-electron chi connectivity index (χ1n) is 7.14. The number of hydrogen-bond acceptors (Lipinski definition) is 7. The molecule has 7 nitrogen and oxygen atoms in total. The van der Waals surface area contributed by atoms with Crippen LogP contribution in [0.1, 0.15) is 45.4 Å². The molecule has 0 radical (unpaired) electrons. The molecular weight excluding hydrogens is 280 g/mol. The van der Waals surface area contributed by atoms with E-state index in [0.717, 1.165) is 32.1 Å². The third-order valence-corrected chi connectivity index (χ3v) is 3.19. The topological polar surface area (TPSA) is 113 Å². The van der Waals surface area contributed by atoms with E-state index in [4.69, 9.17) is 9.84 Å². The van der Waals surface area contributed by atoms with Crippen LogP contribution in [0.15, 0.2) is 11.5 Å². The Hall–Kier alpha value is -1.76. The summed E-state index contributed by atoms with van der Waals surface area (Å²) in [6, 6.07) is 0. The molecule has 0 saturated heterocycles. The summed E-state index contributed by atoms with van der Waals surface area (Å²) in [6.45, 7) is 1.69. The molecule has 2 atom stereocenters. The number of ether oxygens (including phenoxy) is 2. The van der Waals surface area contributed by atoms with Crippen molar-refractivity contribution in [1.29, 1.82) is 0 Å². The lowest BCUT2D eigenvalue weighted by atomic mass is 10.1. The van der Waals surface area contributed by atoms with Gasteiger partial charge in [-0.05, 0) is 6.42 Å². The standard InChI is InChI=1S/C14H22O7/c1-2-3-4-5-6-7-10(16)20-8-9(15)13-11(17)12(18)14(19)21-13/h9,13,15,17-18H,2-8H2,1H3/t9?,13-/m1/s1. The normalized spacial score (nSPS) is 19.5. The van der Waals surface area contributed by atoms with Crippen molar-refractivity contribution in [2.75, 3.05) is 6.61 Å². The quantitative estimate of drug-likeness (QED) is 0.437. The molecule has 0 aromatic rings. The van der Waals surface area contributed by atoms with Crippen molar-refractivity contribution in [3.05, 3.63) is 11.5 Å². The Balaban J connectivity index is 2.23. The molecular formula is C14H22O7. The molecule has 3 N–H and O–H groups in total. The lowest BCUT2D eigenvalue weighted by Crippen LogP contribution is -2.33. The summed E-state index contributed by atoms with van der Waals surface area (Å²) in [7, 11) is 0. The van der Waals surface area contributed by atoms with Crippen LogP contribution in [0.25, 0.3) is 0 Å². The SMILES string of the molecule is CCCCCCCC(=O)OCC(O)[C@H]1OC(=O)C(O)=C1O. The summed E-state index contributed by atoms with van der Waals surface area (Å²) >= 11 is 0. The average Bonchev–Trinajstić information content (AvgIpc) is 2.72. The van der Waals surface area contributed by atoms with Crippen LogP contribution in [0.5, 0.6) is 0 Å². The van der Waals surface area contributed by atoms with Gasteiger partial charge in [0.2, 0.25) is 5.76 Å². The summed E-state index contributed by atoms with van der Waals surface area (Å²) in [5.41, 5.74) is 0.